The van der Waals surface area contributed by atoms with Crippen molar-refractivity contribution < 1.29 is 14.3 Å². The Kier molecular flexibility index (Phi) is 5.85. The predicted molar refractivity (Wildman–Crippen MR) is 114 cm³/mol. The van der Waals surface area contributed by atoms with Crippen LogP contribution in [-0.2, 0) is 28.8 Å². The highest BCUT2D eigenvalue weighted by atomic mass is 16.5. The average Bonchev–Trinajstić information content (AvgIpc) is 2.78. The lowest BCUT2D eigenvalue weighted by molar-refractivity contribution is -0.141. The van der Waals surface area contributed by atoms with Gasteiger partial charge in [-0.15, -0.1) is 0 Å². The highest BCUT2D eigenvalue weighted by Gasteiger charge is 2.15. The van der Waals surface area contributed by atoms with E-state index in [-0.39, 0.29) is 24.8 Å². The topological polar surface area (TPSA) is 43.4 Å². The van der Waals surface area contributed by atoms with Crippen molar-refractivity contribution in [2.75, 3.05) is 6.61 Å². The van der Waals surface area contributed by atoms with Crippen LogP contribution < -0.4 is 0 Å². The number of ketones is 1. The fourth-order valence-corrected chi connectivity index (χ4v) is 3.80. The highest BCUT2D eigenvalue weighted by Crippen LogP contribution is 2.23. The summed E-state index contributed by atoms with van der Waals surface area (Å²) in [6, 6.07) is 23.8. The van der Waals surface area contributed by atoms with Crippen molar-refractivity contribution in [1.82, 2.24) is 0 Å². The summed E-state index contributed by atoms with van der Waals surface area (Å²) in [7, 11) is 0. The number of hydrogen-bond donors (Lipinski definition) is 0. The maximum Gasteiger partial charge on any atom is 0.310 e. The monoisotopic (exact) mass is 384 g/mol. The SMILES string of the molecule is O=C(Cc1ccc(-c2ccccc2)cc1)OCC(=O)c1ccc2c(c1)CCCC2. The normalized spacial score (nSPS) is 12.8. The summed E-state index contributed by atoms with van der Waals surface area (Å²) in [4.78, 5) is 24.6. The van der Waals surface area contributed by atoms with Crippen molar-refractivity contribution in [2.24, 2.45) is 0 Å². The minimum absolute atomic E-state index is 0.147. The molecule has 0 atom stereocenters. The zero-order chi connectivity index (χ0) is 20.1. The minimum Gasteiger partial charge on any atom is -0.457 e. The van der Waals surface area contributed by atoms with Crippen LogP contribution in [-0.4, -0.2) is 18.4 Å². The Labute approximate surface area is 171 Å². The molecule has 1 aliphatic rings. The molecular formula is C26H24O3. The first-order chi connectivity index (χ1) is 14.2. The van der Waals surface area contributed by atoms with Crippen LogP contribution >= 0.6 is 0 Å². The van der Waals surface area contributed by atoms with Gasteiger partial charge in [-0.2, -0.15) is 0 Å². The standard InChI is InChI=1S/C26H24O3/c27-25(24-15-14-21-8-4-5-9-23(21)17-24)18-29-26(28)16-19-10-12-22(13-11-19)20-6-2-1-3-7-20/h1-3,6-7,10-15,17H,4-5,8-9,16,18H2. The van der Waals surface area contributed by atoms with E-state index in [1.165, 1.54) is 24.0 Å². The lowest BCUT2D eigenvalue weighted by Gasteiger charge is -2.16. The summed E-state index contributed by atoms with van der Waals surface area (Å²) in [5.74, 6) is -0.532. The molecule has 146 valence electrons. The molecular weight excluding hydrogens is 360 g/mol. The van der Waals surface area contributed by atoms with Crippen LogP contribution in [0.4, 0.5) is 0 Å². The number of ether oxygens (including phenoxy) is 1. The van der Waals surface area contributed by atoms with Gasteiger partial charge in [0.2, 0.25) is 0 Å². The second kappa shape index (κ2) is 8.87. The molecule has 0 amide bonds. The maximum atomic E-state index is 12.4. The van der Waals surface area contributed by atoms with Gasteiger partial charge in [0.05, 0.1) is 6.42 Å². The lowest BCUT2D eigenvalue weighted by Crippen LogP contribution is -2.16. The van der Waals surface area contributed by atoms with E-state index in [9.17, 15) is 9.59 Å². The van der Waals surface area contributed by atoms with Crippen LogP contribution in [0.5, 0.6) is 0 Å². The number of carbonyl (C=O) groups excluding carboxylic acids is 2. The zero-order valence-electron chi connectivity index (χ0n) is 16.4. The van der Waals surface area contributed by atoms with Crippen molar-refractivity contribution in [3.63, 3.8) is 0 Å². The Morgan fingerprint density at radius 2 is 1.45 bits per heavy atom. The largest absolute Gasteiger partial charge is 0.457 e. The molecule has 0 fully saturated rings. The lowest BCUT2D eigenvalue weighted by atomic mass is 9.90. The molecule has 3 nitrogen and oxygen atoms in total. The van der Waals surface area contributed by atoms with Gasteiger partial charge in [-0.1, -0.05) is 66.7 Å². The van der Waals surface area contributed by atoms with Gasteiger partial charge in [-0.05, 0) is 59.6 Å². The summed E-state index contributed by atoms with van der Waals surface area (Å²) in [6.45, 7) is -0.209. The Balaban J connectivity index is 1.31. The maximum absolute atomic E-state index is 12.4. The summed E-state index contributed by atoms with van der Waals surface area (Å²) in [6.07, 6.45) is 4.65. The summed E-state index contributed by atoms with van der Waals surface area (Å²) in [5, 5.41) is 0. The van der Waals surface area contributed by atoms with Crippen LogP contribution in [0.15, 0.2) is 72.8 Å². The third kappa shape index (κ3) is 4.80. The second-order valence-electron chi connectivity index (χ2n) is 7.51. The second-order valence-corrected chi connectivity index (χ2v) is 7.51. The number of benzene rings is 3. The van der Waals surface area contributed by atoms with Crippen molar-refractivity contribution in [3.8, 4) is 11.1 Å². The molecule has 3 aromatic rings. The molecule has 4 rings (SSSR count). The molecule has 0 saturated heterocycles. The fraction of sp³-hybridized carbons (Fsp3) is 0.231. The van der Waals surface area contributed by atoms with Crippen molar-refractivity contribution >= 4 is 11.8 Å². The van der Waals surface area contributed by atoms with Gasteiger partial charge in [0.15, 0.2) is 12.4 Å². The average molecular weight is 384 g/mol. The van der Waals surface area contributed by atoms with Crippen molar-refractivity contribution in [1.29, 1.82) is 0 Å². The summed E-state index contributed by atoms with van der Waals surface area (Å²) in [5.41, 5.74) is 6.33. The number of rotatable bonds is 6. The smallest absolute Gasteiger partial charge is 0.310 e. The van der Waals surface area contributed by atoms with E-state index >= 15 is 0 Å². The van der Waals surface area contributed by atoms with Gasteiger partial charge < -0.3 is 4.74 Å². The molecule has 0 bridgehead atoms. The van der Waals surface area contributed by atoms with Crippen LogP contribution in [0.2, 0.25) is 0 Å². The van der Waals surface area contributed by atoms with Crippen molar-refractivity contribution in [2.45, 2.75) is 32.1 Å². The molecule has 3 aromatic carbocycles. The number of Topliss-reactive ketones (excluding diaryl/α,β-unsaturated/α-hetero) is 1. The molecule has 0 aromatic heterocycles. The first kappa shape index (κ1) is 19.1. The van der Waals surface area contributed by atoms with Gasteiger partial charge in [-0.3, -0.25) is 9.59 Å². The van der Waals surface area contributed by atoms with Gasteiger partial charge in [0.25, 0.3) is 0 Å². The molecule has 1 aliphatic carbocycles. The molecule has 0 N–H and O–H groups in total. The van der Waals surface area contributed by atoms with E-state index in [1.54, 1.807) is 0 Å². The van der Waals surface area contributed by atoms with Crippen LogP contribution in [0.3, 0.4) is 0 Å². The number of fused-ring (bicyclic) bond motifs is 1. The quantitative estimate of drug-likeness (QED) is 0.433. The van der Waals surface area contributed by atoms with Gasteiger partial charge in [0, 0.05) is 5.56 Å². The zero-order valence-corrected chi connectivity index (χ0v) is 16.4. The molecule has 0 spiro atoms. The Morgan fingerprint density at radius 3 is 2.21 bits per heavy atom. The first-order valence-corrected chi connectivity index (χ1v) is 10.1. The van der Waals surface area contributed by atoms with E-state index in [2.05, 4.69) is 12.1 Å². The van der Waals surface area contributed by atoms with Crippen LogP contribution in [0, 0.1) is 0 Å². The predicted octanol–water partition coefficient (Wildman–Crippen LogP) is 5.20. The number of hydrogen-bond acceptors (Lipinski definition) is 3. The van der Waals surface area contributed by atoms with Crippen molar-refractivity contribution in [3.05, 3.63) is 95.1 Å². The molecule has 3 heteroatoms. The van der Waals surface area contributed by atoms with Crippen LogP contribution in [0.1, 0.15) is 39.9 Å². The van der Waals surface area contributed by atoms with E-state index in [1.807, 2.05) is 60.7 Å². The van der Waals surface area contributed by atoms with Crippen LogP contribution in [0.25, 0.3) is 11.1 Å². The van der Waals surface area contributed by atoms with E-state index < -0.39 is 0 Å². The highest BCUT2D eigenvalue weighted by molar-refractivity contribution is 5.98. The van der Waals surface area contributed by atoms with Gasteiger partial charge >= 0.3 is 5.97 Å². The Morgan fingerprint density at radius 1 is 0.759 bits per heavy atom. The molecule has 0 heterocycles. The first-order valence-electron chi connectivity index (χ1n) is 10.1. The molecule has 29 heavy (non-hydrogen) atoms. The third-order valence-corrected chi connectivity index (χ3v) is 5.44. The molecule has 0 unspecified atom stereocenters. The van der Waals surface area contributed by atoms with Gasteiger partial charge in [-0.25, -0.2) is 0 Å². The summed E-state index contributed by atoms with van der Waals surface area (Å²) < 4.78 is 5.23. The van der Waals surface area contributed by atoms with E-state index in [0.29, 0.717) is 5.56 Å². The molecule has 0 radical (unpaired) electrons. The Hall–Kier alpha value is -3.20. The van der Waals surface area contributed by atoms with E-state index in [4.69, 9.17) is 4.74 Å². The number of esters is 1. The minimum atomic E-state index is -0.385. The Bertz CT molecular complexity index is 1000. The number of aryl methyl sites for hydroxylation is 2. The van der Waals surface area contributed by atoms with E-state index in [0.717, 1.165) is 29.5 Å². The fourth-order valence-electron chi connectivity index (χ4n) is 3.80. The van der Waals surface area contributed by atoms with Gasteiger partial charge in [0.1, 0.15) is 0 Å². The molecule has 0 aliphatic heterocycles. The number of carbonyl (C=O) groups is 2. The summed E-state index contributed by atoms with van der Waals surface area (Å²) >= 11 is 0. The third-order valence-electron chi connectivity index (χ3n) is 5.44. The molecule has 0 saturated carbocycles.